The van der Waals surface area contributed by atoms with Gasteiger partial charge in [-0.1, -0.05) is 31.2 Å². The van der Waals surface area contributed by atoms with E-state index in [1.165, 1.54) is 23.1 Å². The first kappa shape index (κ1) is 12.8. The van der Waals surface area contributed by atoms with Crippen LogP contribution < -0.4 is 5.32 Å². The van der Waals surface area contributed by atoms with Crippen LogP contribution in [0, 0.1) is 6.92 Å². The Morgan fingerprint density at radius 2 is 2.06 bits per heavy atom. The van der Waals surface area contributed by atoms with Gasteiger partial charge in [0.2, 0.25) is 0 Å². The Hall–Kier alpha value is -1.67. The number of hydrogen-bond acceptors (Lipinski definition) is 2. The Labute approximate surface area is 109 Å². The predicted molar refractivity (Wildman–Crippen MR) is 76.4 cm³/mol. The van der Waals surface area contributed by atoms with Gasteiger partial charge in [-0.3, -0.25) is 4.98 Å². The third kappa shape index (κ3) is 3.17. The summed E-state index contributed by atoms with van der Waals surface area (Å²) in [4.78, 5) is 4.40. The summed E-state index contributed by atoms with van der Waals surface area (Å²) in [7, 11) is 0. The summed E-state index contributed by atoms with van der Waals surface area (Å²) in [5.74, 6) is 0. The smallest absolute Gasteiger partial charge is 0.0704 e. The van der Waals surface area contributed by atoms with Crippen molar-refractivity contribution in [1.82, 2.24) is 10.3 Å². The molecule has 2 heteroatoms. The highest BCUT2D eigenvalue weighted by Crippen LogP contribution is 2.21. The molecule has 0 aliphatic heterocycles. The second kappa shape index (κ2) is 6.31. The summed E-state index contributed by atoms with van der Waals surface area (Å²) in [5.41, 5.74) is 4.88. The summed E-state index contributed by atoms with van der Waals surface area (Å²) in [5, 5.41) is 3.42. The van der Waals surface area contributed by atoms with E-state index in [2.05, 4.69) is 48.4 Å². The molecule has 0 spiro atoms. The molecule has 1 aromatic heterocycles. The van der Waals surface area contributed by atoms with E-state index in [-0.39, 0.29) is 0 Å². The minimum atomic E-state index is 0.942. The lowest BCUT2D eigenvalue weighted by Crippen LogP contribution is -2.13. The van der Waals surface area contributed by atoms with Crippen LogP contribution in [0.3, 0.4) is 0 Å². The molecule has 0 atom stereocenters. The average molecular weight is 240 g/mol. The van der Waals surface area contributed by atoms with E-state index in [0.29, 0.717) is 0 Å². The zero-order chi connectivity index (χ0) is 12.8. The number of aryl methyl sites for hydroxylation is 1. The van der Waals surface area contributed by atoms with Crippen molar-refractivity contribution < 1.29 is 0 Å². The topological polar surface area (TPSA) is 24.9 Å². The van der Waals surface area contributed by atoms with Crippen molar-refractivity contribution in [3.63, 3.8) is 0 Å². The van der Waals surface area contributed by atoms with Crippen LogP contribution in [-0.4, -0.2) is 11.5 Å². The second-order valence-corrected chi connectivity index (χ2v) is 4.54. The summed E-state index contributed by atoms with van der Waals surface area (Å²) < 4.78 is 0. The zero-order valence-electron chi connectivity index (χ0n) is 11.1. The van der Waals surface area contributed by atoms with Crippen LogP contribution in [0.4, 0.5) is 0 Å². The van der Waals surface area contributed by atoms with Gasteiger partial charge in [-0.2, -0.15) is 0 Å². The maximum Gasteiger partial charge on any atom is 0.0704 e. The Balaban J connectivity index is 2.15. The van der Waals surface area contributed by atoms with Crippen molar-refractivity contribution in [2.45, 2.75) is 26.8 Å². The van der Waals surface area contributed by atoms with Gasteiger partial charge in [-0.25, -0.2) is 0 Å². The van der Waals surface area contributed by atoms with Gasteiger partial charge in [0, 0.05) is 18.3 Å². The Bertz CT molecular complexity index is 492. The van der Waals surface area contributed by atoms with Crippen LogP contribution in [0.25, 0.3) is 11.3 Å². The summed E-state index contributed by atoms with van der Waals surface area (Å²) in [6.07, 6.45) is 3.01. The van der Waals surface area contributed by atoms with E-state index in [4.69, 9.17) is 0 Å². The number of pyridine rings is 1. The van der Waals surface area contributed by atoms with E-state index in [9.17, 15) is 0 Å². The van der Waals surface area contributed by atoms with E-state index in [1.54, 1.807) is 0 Å². The number of hydrogen-bond donors (Lipinski definition) is 1. The highest BCUT2D eigenvalue weighted by atomic mass is 14.8. The van der Waals surface area contributed by atoms with E-state index in [0.717, 1.165) is 18.8 Å². The molecule has 2 rings (SSSR count). The number of aromatic nitrogens is 1. The first-order valence-corrected chi connectivity index (χ1v) is 6.53. The fourth-order valence-corrected chi connectivity index (χ4v) is 2.05. The van der Waals surface area contributed by atoms with Crippen LogP contribution in [0.2, 0.25) is 0 Å². The Kier molecular flexibility index (Phi) is 4.48. The van der Waals surface area contributed by atoms with Gasteiger partial charge in [0.05, 0.1) is 5.69 Å². The van der Waals surface area contributed by atoms with Gasteiger partial charge in [0.15, 0.2) is 0 Å². The van der Waals surface area contributed by atoms with Gasteiger partial charge in [-0.05, 0) is 43.1 Å². The molecule has 0 aliphatic carbocycles. The molecule has 1 N–H and O–H groups in total. The lowest BCUT2D eigenvalue weighted by molar-refractivity contribution is 0.675. The molecule has 0 saturated carbocycles. The normalized spacial score (nSPS) is 10.6. The Morgan fingerprint density at radius 3 is 2.72 bits per heavy atom. The molecule has 94 valence electrons. The van der Waals surface area contributed by atoms with Crippen LogP contribution >= 0.6 is 0 Å². The number of rotatable bonds is 5. The summed E-state index contributed by atoms with van der Waals surface area (Å²) >= 11 is 0. The van der Waals surface area contributed by atoms with Crippen LogP contribution in [0.1, 0.15) is 24.5 Å². The quantitative estimate of drug-likeness (QED) is 0.808. The van der Waals surface area contributed by atoms with Crippen LogP contribution in [-0.2, 0) is 6.54 Å². The minimum Gasteiger partial charge on any atom is -0.313 e. The van der Waals surface area contributed by atoms with Crippen molar-refractivity contribution in [3.05, 3.63) is 53.7 Å². The van der Waals surface area contributed by atoms with E-state index < -0.39 is 0 Å². The number of nitrogens with zero attached hydrogens (tertiary/aromatic N) is 1. The molecule has 0 amide bonds. The molecule has 0 fully saturated rings. The molecule has 0 bridgehead atoms. The van der Waals surface area contributed by atoms with Crippen LogP contribution in [0.15, 0.2) is 42.6 Å². The molecule has 2 aromatic rings. The first-order valence-electron chi connectivity index (χ1n) is 6.53. The number of nitrogens with one attached hydrogen (secondary N) is 1. The monoisotopic (exact) mass is 240 g/mol. The fourth-order valence-electron chi connectivity index (χ4n) is 2.05. The summed E-state index contributed by atoms with van der Waals surface area (Å²) in [6, 6.07) is 12.6. The molecule has 1 aromatic carbocycles. The van der Waals surface area contributed by atoms with Gasteiger partial charge in [-0.15, -0.1) is 0 Å². The lowest BCUT2D eigenvalue weighted by atomic mass is 10.0. The molecule has 0 saturated heterocycles. The summed E-state index contributed by atoms with van der Waals surface area (Å²) in [6.45, 7) is 6.34. The molecule has 0 radical (unpaired) electrons. The van der Waals surface area contributed by atoms with Crippen molar-refractivity contribution in [2.75, 3.05) is 6.54 Å². The highest BCUT2D eigenvalue weighted by Gasteiger charge is 2.03. The molecule has 18 heavy (non-hydrogen) atoms. The van der Waals surface area contributed by atoms with Crippen molar-refractivity contribution in [2.24, 2.45) is 0 Å². The van der Waals surface area contributed by atoms with Gasteiger partial charge in [0.1, 0.15) is 0 Å². The highest BCUT2D eigenvalue weighted by molar-refractivity contribution is 5.63. The SMILES string of the molecule is CCCNCc1ccc(-c2ccccn2)c(C)c1. The molecule has 0 aliphatic rings. The molecule has 2 nitrogen and oxygen atoms in total. The fraction of sp³-hybridized carbons (Fsp3) is 0.312. The van der Waals surface area contributed by atoms with Gasteiger partial charge >= 0.3 is 0 Å². The number of benzene rings is 1. The van der Waals surface area contributed by atoms with Gasteiger partial charge in [0.25, 0.3) is 0 Å². The predicted octanol–water partition coefficient (Wildman–Crippen LogP) is 3.56. The van der Waals surface area contributed by atoms with E-state index in [1.807, 2.05) is 18.3 Å². The second-order valence-electron chi connectivity index (χ2n) is 4.54. The van der Waals surface area contributed by atoms with Crippen molar-refractivity contribution in [1.29, 1.82) is 0 Å². The molecule has 1 heterocycles. The third-order valence-corrected chi connectivity index (χ3v) is 2.99. The Morgan fingerprint density at radius 1 is 1.17 bits per heavy atom. The van der Waals surface area contributed by atoms with Crippen LogP contribution in [0.5, 0.6) is 0 Å². The first-order chi connectivity index (χ1) is 8.81. The maximum atomic E-state index is 4.40. The third-order valence-electron chi connectivity index (χ3n) is 2.99. The standard InChI is InChI=1S/C16H20N2/c1-3-9-17-12-14-7-8-15(13(2)11-14)16-6-4-5-10-18-16/h4-8,10-11,17H,3,9,12H2,1-2H3. The maximum absolute atomic E-state index is 4.40. The largest absolute Gasteiger partial charge is 0.313 e. The molecule has 0 unspecified atom stereocenters. The zero-order valence-corrected chi connectivity index (χ0v) is 11.1. The van der Waals surface area contributed by atoms with E-state index >= 15 is 0 Å². The lowest BCUT2D eigenvalue weighted by Gasteiger charge is -2.09. The average Bonchev–Trinajstić information content (AvgIpc) is 2.40. The minimum absolute atomic E-state index is 0.942. The van der Waals surface area contributed by atoms with Crippen molar-refractivity contribution >= 4 is 0 Å². The van der Waals surface area contributed by atoms with Crippen molar-refractivity contribution in [3.8, 4) is 11.3 Å². The molecular weight excluding hydrogens is 220 g/mol. The van der Waals surface area contributed by atoms with Gasteiger partial charge < -0.3 is 5.32 Å². The molecular formula is C16H20N2.